The first-order valence-corrected chi connectivity index (χ1v) is 10.9. The van der Waals surface area contributed by atoms with Gasteiger partial charge in [-0.15, -0.1) is 0 Å². The zero-order valence-corrected chi connectivity index (χ0v) is 18.6. The number of aliphatic hydroxyl groups is 1. The van der Waals surface area contributed by atoms with Gasteiger partial charge in [0.1, 0.15) is 17.6 Å². The lowest BCUT2D eigenvalue weighted by molar-refractivity contribution is -0.178. The zero-order chi connectivity index (χ0) is 22.8. The monoisotopic (exact) mass is 438 g/mol. The van der Waals surface area contributed by atoms with Crippen LogP contribution in [0.3, 0.4) is 0 Å². The predicted octanol–water partition coefficient (Wildman–Crippen LogP) is 2.80. The summed E-state index contributed by atoms with van der Waals surface area (Å²) >= 11 is 0. The summed E-state index contributed by atoms with van der Waals surface area (Å²) in [6, 6.07) is 3.35. The number of phenols is 1. The van der Waals surface area contributed by atoms with Crippen molar-refractivity contribution in [1.29, 1.82) is 0 Å². The normalized spacial score (nSPS) is 21.0. The summed E-state index contributed by atoms with van der Waals surface area (Å²) < 4.78 is 21.6. The summed E-state index contributed by atoms with van der Waals surface area (Å²) in [4.78, 5) is 23.1. The lowest BCUT2D eigenvalue weighted by Crippen LogP contribution is -2.46. The maximum Gasteiger partial charge on any atom is 0.335 e. The molecule has 1 aromatic carbocycles. The quantitative estimate of drug-likeness (QED) is 0.291. The second kappa shape index (κ2) is 12.6. The number of aromatic hydroxyl groups is 1. The van der Waals surface area contributed by atoms with E-state index in [0.717, 1.165) is 25.7 Å². The molecule has 0 saturated carbocycles. The van der Waals surface area contributed by atoms with Crippen LogP contribution < -0.4 is 4.74 Å². The first kappa shape index (κ1) is 25.1. The van der Waals surface area contributed by atoms with Gasteiger partial charge in [0.05, 0.1) is 32.0 Å². The van der Waals surface area contributed by atoms with E-state index in [1.165, 1.54) is 14.0 Å². The Kier molecular flexibility index (Phi) is 10.2. The molecule has 3 atom stereocenters. The molecule has 2 N–H and O–H groups in total. The maximum atomic E-state index is 11.6. The Morgan fingerprint density at radius 2 is 1.94 bits per heavy atom. The molecule has 0 bridgehead atoms. The molecular formula is C23H34O8. The SMILES string of the molecule is CCCc1c(OCCCCCOC2COC(C(=O)OC)CC2O)ccc(C(C)=O)c1O. The molecule has 1 heterocycles. The van der Waals surface area contributed by atoms with Crippen molar-refractivity contribution < 1.29 is 38.7 Å². The summed E-state index contributed by atoms with van der Waals surface area (Å²) in [5, 5.41) is 20.5. The van der Waals surface area contributed by atoms with Gasteiger partial charge in [-0.1, -0.05) is 13.3 Å². The Bertz CT molecular complexity index is 733. The van der Waals surface area contributed by atoms with Crippen molar-refractivity contribution in [2.24, 2.45) is 0 Å². The van der Waals surface area contributed by atoms with Crippen molar-refractivity contribution in [3.8, 4) is 11.5 Å². The molecule has 8 heteroatoms. The predicted molar refractivity (Wildman–Crippen MR) is 114 cm³/mol. The topological polar surface area (TPSA) is 112 Å². The molecule has 1 aromatic rings. The van der Waals surface area contributed by atoms with Crippen molar-refractivity contribution in [3.63, 3.8) is 0 Å². The molecule has 0 aliphatic carbocycles. The number of hydrogen-bond acceptors (Lipinski definition) is 8. The first-order valence-electron chi connectivity index (χ1n) is 10.9. The highest BCUT2D eigenvalue weighted by Gasteiger charge is 2.34. The van der Waals surface area contributed by atoms with E-state index in [1.54, 1.807) is 12.1 Å². The van der Waals surface area contributed by atoms with Crippen molar-refractivity contribution in [2.75, 3.05) is 26.9 Å². The van der Waals surface area contributed by atoms with E-state index in [4.69, 9.17) is 14.2 Å². The summed E-state index contributed by atoms with van der Waals surface area (Å²) in [5.74, 6) is -0.0225. The van der Waals surface area contributed by atoms with Gasteiger partial charge in [-0.3, -0.25) is 4.79 Å². The van der Waals surface area contributed by atoms with Gasteiger partial charge < -0.3 is 29.2 Å². The van der Waals surface area contributed by atoms with Crippen LogP contribution in [-0.4, -0.2) is 67.2 Å². The van der Waals surface area contributed by atoms with E-state index in [1.807, 2.05) is 6.92 Å². The second-order valence-electron chi connectivity index (χ2n) is 7.71. The van der Waals surface area contributed by atoms with E-state index in [2.05, 4.69) is 4.74 Å². The van der Waals surface area contributed by atoms with Gasteiger partial charge in [0.15, 0.2) is 11.9 Å². The number of hydrogen-bond donors (Lipinski definition) is 2. The summed E-state index contributed by atoms with van der Waals surface area (Å²) in [7, 11) is 1.29. The molecule has 1 fully saturated rings. The van der Waals surface area contributed by atoms with Gasteiger partial charge in [-0.25, -0.2) is 4.79 Å². The molecular weight excluding hydrogens is 404 g/mol. The molecule has 1 aliphatic heterocycles. The Labute approximate surface area is 183 Å². The van der Waals surface area contributed by atoms with Crippen LogP contribution in [0.5, 0.6) is 11.5 Å². The Balaban J connectivity index is 1.68. The number of ether oxygens (including phenoxy) is 4. The fourth-order valence-corrected chi connectivity index (χ4v) is 3.54. The Hall–Kier alpha value is -2.16. The number of Topliss-reactive ketones (excluding diaryl/α,β-unsaturated/α-hetero) is 1. The van der Waals surface area contributed by atoms with Crippen LogP contribution in [0, 0.1) is 0 Å². The average molecular weight is 439 g/mol. The smallest absolute Gasteiger partial charge is 0.335 e. The van der Waals surface area contributed by atoms with E-state index in [-0.39, 0.29) is 24.6 Å². The van der Waals surface area contributed by atoms with Gasteiger partial charge in [0.25, 0.3) is 0 Å². The fraction of sp³-hybridized carbons (Fsp3) is 0.652. The first-order chi connectivity index (χ1) is 14.9. The largest absolute Gasteiger partial charge is 0.507 e. The van der Waals surface area contributed by atoms with Gasteiger partial charge in [0, 0.05) is 18.6 Å². The standard InChI is InChI=1S/C23H34O8/c1-4-8-17-19(10-9-16(15(2)24)22(17)26)29-11-6-5-7-12-30-21-14-31-20(13-18(21)25)23(27)28-3/h9-10,18,20-21,25-26H,4-8,11-14H2,1-3H3. The van der Waals surface area contributed by atoms with Crippen LogP contribution in [0.15, 0.2) is 12.1 Å². The minimum absolute atomic E-state index is 0.0166. The summed E-state index contributed by atoms with van der Waals surface area (Å²) in [6.07, 6.45) is 2.16. The van der Waals surface area contributed by atoms with Crippen molar-refractivity contribution in [2.45, 2.75) is 70.7 Å². The zero-order valence-electron chi connectivity index (χ0n) is 18.6. The van der Waals surface area contributed by atoms with E-state index in [9.17, 15) is 19.8 Å². The molecule has 31 heavy (non-hydrogen) atoms. The van der Waals surface area contributed by atoms with Crippen LogP contribution in [-0.2, 0) is 25.4 Å². The van der Waals surface area contributed by atoms with Crippen LogP contribution in [0.25, 0.3) is 0 Å². The minimum Gasteiger partial charge on any atom is -0.507 e. The number of carbonyl (C=O) groups is 2. The molecule has 174 valence electrons. The third-order valence-corrected chi connectivity index (χ3v) is 5.31. The van der Waals surface area contributed by atoms with Gasteiger partial charge in [0.2, 0.25) is 0 Å². The lowest BCUT2D eigenvalue weighted by Gasteiger charge is -2.31. The van der Waals surface area contributed by atoms with E-state index in [0.29, 0.717) is 36.5 Å². The molecule has 0 aromatic heterocycles. The molecule has 1 aliphatic rings. The van der Waals surface area contributed by atoms with Crippen LogP contribution in [0.1, 0.15) is 61.9 Å². The molecule has 0 spiro atoms. The highest BCUT2D eigenvalue weighted by Crippen LogP contribution is 2.33. The number of ketones is 1. The molecule has 8 nitrogen and oxygen atoms in total. The lowest BCUT2D eigenvalue weighted by atomic mass is 10.0. The summed E-state index contributed by atoms with van der Waals surface area (Å²) in [6.45, 7) is 4.57. The second-order valence-corrected chi connectivity index (χ2v) is 7.71. The van der Waals surface area contributed by atoms with E-state index >= 15 is 0 Å². The number of methoxy groups -OCH3 is 1. The number of esters is 1. The highest BCUT2D eigenvalue weighted by molar-refractivity contribution is 5.97. The molecule has 2 rings (SSSR count). The van der Waals surface area contributed by atoms with Crippen molar-refractivity contribution in [1.82, 2.24) is 0 Å². The number of rotatable bonds is 12. The van der Waals surface area contributed by atoms with Crippen LogP contribution in [0.4, 0.5) is 0 Å². The number of carbonyl (C=O) groups excluding carboxylic acids is 2. The Morgan fingerprint density at radius 1 is 1.19 bits per heavy atom. The molecule has 3 unspecified atom stereocenters. The third kappa shape index (κ3) is 7.19. The number of unbranched alkanes of at least 4 members (excludes halogenated alkanes) is 2. The number of benzene rings is 1. The third-order valence-electron chi connectivity index (χ3n) is 5.31. The molecule has 0 amide bonds. The van der Waals surface area contributed by atoms with Crippen molar-refractivity contribution in [3.05, 3.63) is 23.3 Å². The fourth-order valence-electron chi connectivity index (χ4n) is 3.54. The van der Waals surface area contributed by atoms with Gasteiger partial charge >= 0.3 is 5.97 Å². The molecule has 0 radical (unpaired) electrons. The average Bonchev–Trinajstić information content (AvgIpc) is 2.75. The Morgan fingerprint density at radius 3 is 2.58 bits per heavy atom. The van der Waals surface area contributed by atoms with Gasteiger partial charge in [-0.2, -0.15) is 0 Å². The van der Waals surface area contributed by atoms with Crippen LogP contribution in [0.2, 0.25) is 0 Å². The number of phenolic OH excluding ortho intramolecular Hbond substituents is 1. The number of aliphatic hydroxyl groups excluding tert-OH is 1. The minimum atomic E-state index is -0.760. The van der Waals surface area contributed by atoms with E-state index < -0.39 is 24.3 Å². The summed E-state index contributed by atoms with van der Waals surface area (Å²) in [5.41, 5.74) is 0.995. The maximum absolute atomic E-state index is 11.6. The van der Waals surface area contributed by atoms with Gasteiger partial charge in [-0.05, 0) is 44.7 Å². The van der Waals surface area contributed by atoms with Crippen molar-refractivity contribution >= 4 is 11.8 Å². The highest BCUT2D eigenvalue weighted by atomic mass is 16.6. The molecule has 1 saturated heterocycles. The van der Waals surface area contributed by atoms with Crippen LogP contribution >= 0.6 is 0 Å².